The Kier molecular flexibility index (Phi) is 5.96. The summed E-state index contributed by atoms with van der Waals surface area (Å²) in [7, 11) is 0. The van der Waals surface area contributed by atoms with Crippen molar-refractivity contribution in [3.05, 3.63) is 65.5 Å². The first kappa shape index (κ1) is 15.9. The molecule has 20 heavy (non-hydrogen) atoms. The molecule has 0 heterocycles. The van der Waals surface area contributed by atoms with Gasteiger partial charge in [0.05, 0.1) is 5.56 Å². The number of para-hydroxylation sites is 1. The number of carbonyl (C=O) groups excluding carboxylic acids is 1. The van der Waals surface area contributed by atoms with Gasteiger partial charge in [0, 0.05) is 0 Å². The molecule has 0 aliphatic heterocycles. The molecule has 0 spiro atoms. The van der Waals surface area contributed by atoms with Crippen LogP contribution >= 0.6 is 12.4 Å². The highest BCUT2D eigenvalue weighted by Crippen LogP contribution is 2.19. The Labute approximate surface area is 122 Å². The molecule has 0 radical (unpaired) electrons. The number of carbonyl (C=O) groups is 1. The van der Waals surface area contributed by atoms with Crippen LogP contribution in [-0.2, 0) is 6.61 Å². The maximum Gasteiger partial charge on any atom is 0.268 e. The van der Waals surface area contributed by atoms with E-state index in [1.165, 1.54) is 12.1 Å². The van der Waals surface area contributed by atoms with E-state index in [4.69, 9.17) is 10.6 Å². The Morgan fingerprint density at radius 1 is 1.15 bits per heavy atom. The lowest BCUT2D eigenvalue weighted by Crippen LogP contribution is -2.30. The third-order valence-corrected chi connectivity index (χ3v) is 2.57. The first-order valence-corrected chi connectivity index (χ1v) is 5.68. The molecular formula is C14H14ClFN2O2. The Bertz CT molecular complexity index is 576. The van der Waals surface area contributed by atoms with Gasteiger partial charge in [0.1, 0.15) is 18.2 Å². The van der Waals surface area contributed by atoms with Gasteiger partial charge in [-0.3, -0.25) is 10.2 Å². The molecule has 0 saturated carbocycles. The van der Waals surface area contributed by atoms with E-state index in [-0.39, 0.29) is 24.8 Å². The Morgan fingerprint density at radius 3 is 2.45 bits per heavy atom. The minimum absolute atomic E-state index is 0. The Hall–Kier alpha value is -2.11. The van der Waals surface area contributed by atoms with E-state index < -0.39 is 5.91 Å². The highest BCUT2D eigenvalue weighted by molar-refractivity contribution is 5.96. The summed E-state index contributed by atoms with van der Waals surface area (Å²) in [5.41, 5.74) is 3.22. The predicted molar refractivity (Wildman–Crippen MR) is 76.1 cm³/mol. The number of nitrogen functional groups attached to an aromatic ring is 1. The predicted octanol–water partition coefficient (Wildman–Crippen LogP) is 2.43. The molecule has 3 N–H and O–H groups in total. The molecule has 2 rings (SSSR count). The number of nitrogens with one attached hydrogen (secondary N) is 1. The largest absolute Gasteiger partial charge is 0.488 e. The normalized spacial score (nSPS) is 9.50. The Morgan fingerprint density at radius 2 is 1.80 bits per heavy atom. The van der Waals surface area contributed by atoms with Crippen LogP contribution in [0.2, 0.25) is 0 Å². The van der Waals surface area contributed by atoms with Crippen molar-refractivity contribution in [3.8, 4) is 5.75 Å². The zero-order chi connectivity index (χ0) is 13.7. The topological polar surface area (TPSA) is 64.3 Å². The summed E-state index contributed by atoms with van der Waals surface area (Å²) in [6.45, 7) is 0.245. The van der Waals surface area contributed by atoms with Gasteiger partial charge in [-0.05, 0) is 29.8 Å². The van der Waals surface area contributed by atoms with Gasteiger partial charge < -0.3 is 4.74 Å². The maximum absolute atomic E-state index is 12.8. The molecule has 0 aliphatic carbocycles. The van der Waals surface area contributed by atoms with E-state index in [2.05, 4.69) is 5.43 Å². The first-order chi connectivity index (χ1) is 9.20. The summed E-state index contributed by atoms with van der Waals surface area (Å²) < 4.78 is 18.3. The molecule has 6 heteroatoms. The second-order valence-corrected chi connectivity index (χ2v) is 3.88. The third-order valence-electron chi connectivity index (χ3n) is 2.57. The molecule has 0 aliphatic rings. The van der Waals surface area contributed by atoms with Crippen molar-refractivity contribution in [1.29, 1.82) is 0 Å². The number of hydrazine groups is 1. The van der Waals surface area contributed by atoms with Gasteiger partial charge in [0.25, 0.3) is 5.91 Å². The highest BCUT2D eigenvalue weighted by Gasteiger charge is 2.10. The molecule has 0 unspecified atom stereocenters. The highest BCUT2D eigenvalue weighted by atomic mass is 35.5. The lowest BCUT2D eigenvalue weighted by atomic mass is 10.2. The number of hydrogen-bond donors (Lipinski definition) is 2. The van der Waals surface area contributed by atoms with Crippen LogP contribution in [-0.4, -0.2) is 5.91 Å². The summed E-state index contributed by atoms with van der Waals surface area (Å²) in [4.78, 5) is 11.5. The Balaban J connectivity index is 0.00000200. The molecular weight excluding hydrogens is 283 g/mol. The van der Waals surface area contributed by atoms with Gasteiger partial charge in [-0.25, -0.2) is 10.2 Å². The number of halogens is 2. The van der Waals surface area contributed by atoms with E-state index in [1.54, 1.807) is 36.4 Å². The molecule has 1 amide bonds. The minimum atomic E-state index is -0.422. The maximum atomic E-state index is 12.8. The van der Waals surface area contributed by atoms with Crippen LogP contribution in [0.5, 0.6) is 5.75 Å². The number of benzene rings is 2. The number of rotatable bonds is 4. The molecule has 0 fully saturated rings. The summed E-state index contributed by atoms with van der Waals surface area (Å²) in [5, 5.41) is 0. The van der Waals surface area contributed by atoms with Crippen molar-refractivity contribution >= 4 is 18.3 Å². The summed E-state index contributed by atoms with van der Waals surface area (Å²) in [6, 6.07) is 12.7. The van der Waals surface area contributed by atoms with Crippen LogP contribution in [0, 0.1) is 5.82 Å². The zero-order valence-electron chi connectivity index (χ0n) is 10.5. The molecule has 0 atom stereocenters. The van der Waals surface area contributed by atoms with Crippen LogP contribution in [0.15, 0.2) is 48.5 Å². The van der Waals surface area contributed by atoms with Crippen LogP contribution in [0.4, 0.5) is 4.39 Å². The average Bonchev–Trinajstić information content (AvgIpc) is 2.46. The molecule has 0 saturated heterocycles. The fraction of sp³-hybridized carbons (Fsp3) is 0.0714. The van der Waals surface area contributed by atoms with Crippen molar-refractivity contribution in [2.45, 2.75) is 6.61 Å². The molecule has 2 aromatic carbocycles. The van der Waals surface area contributed by atoms with Crippen LogP contribution < -0.4 is 16.0 Å². The fourth-order valence-electron chi connectivity index (χ4n) is 1.60. The van der Waals surface area contributed by atoms with Crippen molar-refractivity contribution in [1.82, 2.24) is 5.43 Å². The number of ether oxygens (including phenoxy) is 1. The second kappa shape index (κ2) is 7.47. The molecule has 106 valence electrons. The summed E-state index contributed by atoms with van der Waals surface area (Å²) in [5.74, 6) is 4.80. The second-order valence-electron chi connectivity index (χ2n) is 3.88. The smallest absolute Gasteiger partial charge is 0.268 e. The van der Waals surface area contributed by atoms with Crippen LogP contribution in [0.25, 0.3) is 0 Å². The third kappa shape index (κ3) is 3.94. The zero-order valence-corrected chi connectivity index (χ0v) is 11.3. The average molecular weight is 297 g/mol. The van der Waals surface area contributed by atoms with Gasteiger partial charge in [0.2, 0.25) is 0 Å². The summed E-state index contributed by atoms with van der Waals surface area (Å²) in [6.07, 6.45) is 0. The quantitative estimate of drug-likeness (QED) is 0.517. The van der Waals surface area contributed by atoms with E-state index in [9.17, 15) is 9.18 Å². The molecule has 4 nitrogen and oxygen atoms in total. The van der Waals surface area contributed by atoms with Gasteiger partial charge >= 0.3 is 0 Å². The van der Waals surface area contributed by atoms with Gasteiger partial charge in [-0.2, -0.15) is 0 Å². The molecule has 0 aromatic heterocycles. The van der Waals surface area contributed by atoms with Crippen molar-refractivity contribution in [2.24, 2.45) is 5.84 Å². The van der Waals surface area contributed by atoms with Crippen LogP contribution in [0.1, 0.15) is 15.9 Å². The standard InChI is InChI=1S/C14H13FN2O2.ClH/c15-11-7-5-10(6-8-11)9-19-13-4-2-1-3-12(13)14(18)17-16;/h1-8H,9,16H2,(H,17,18);1H. The first-order valence-electron chi connectivity index (χ1n) is 5.68. The van der Waals surface area contributed by atoms with E-state index in [0.717, 1.165) is 5.56 Å². The van der Waals surface area contributed by atoms with Crippen LogP contribution in [0.3, 0.4) is 0 Å². The van der Waals surface area contributed by atoms with Gasteiger partial charge in [0.15, 0.2) is 0 Å². The van der Waals surface area contributed by atoms with E-state index >= 15 is 0 Å². The number of nitrogens with two attached hydrogens (primary N) is 1. The summed E-state index contributed by atoms with van der Waals surface area (Å²) >= 11 is 0. The van der Waals surface area contributed by atoms with Crippen molar-refractivity contribution in [2.75, 3.05) is 0 Å². The number of amides is 1. The van der Waals surface area contributed by atoms with Crippen molar-refractivity contribution in [3.63, 3.8) is 0 Å². The number of hydrogen-bond acceptors (Lipinski definition) is 3. The SMILES string of the molecule is Cl.NNC(=O)c1ccccc1OCc1ccc(F)cc1. The lowest BCUT2D eigenvalue weighted by Gasteiger charge is -2.10. The monoisotopic (exact) mass is 296 g/mol. The molecule has 0 bridgehead atoms. The lowest BCUT2D eigenvalue weighted by molar-refractivity contribution is 0.0949. The van der Waals surface area contributed by atoms with E-state index in [1.807, 2.05) is 0 Å². The fourth-order valence-corrected chi connectivity index (χ4v) is 1.60. The van der Waals surface area contributed by atoms with Crippen molar-refractivity contribution < 1.29 is 13.9 Å². The van der Waals surface area contributed by atoms with E-state index in [0.29, 0.717) is 11.3 Å². The van der Waals surface area contributed by atoms with Gasteiger partial charge in [-0.1, -0.05) is 24.3 Å². The minimum Gasteiger partial charge on any atom is -0.488 e. The van der Waals surface area contributed by atoms with Gasteiger partial charge in [-0.15, -0.1) is 12.4 Å². The molecule has 2 aromatic rings.